The first-order chi connectivity index (χ1) is 9.75. The molecule has 7 heteroatoms. The molecule has 1 N–H and O–H groups in total. The van der Waals surface area contributed by atoms with E-state index in [4.69, 9.17) is 11.6 Å². The van der Waals surface area contributed by atoms with Gasteiger partial charge in [0.25, 0.3) is 0 Å². The first-order valence-electron chi connectivity index (χ1n) is 6.09. The molecular weight excluding hydrogens is 305 g/mol. The number of aromatic nitrogens is 2. The molecule has 3 nitrogen and oxygen atoms in total. The molecule has 0 radical (unpaired) electrons. The Morgan fingerprint density at radius 3 is 2.52 bits per heavy atom. The van der Waals surface area contributed by atoms with Gasteiger partial charge in [0.15, 0.2) is 11.0 Å². The van der Waals surface area contributed by atoms with Crippen LogP contribution in [0.15, 0.2) is 24.5 Å². The van der Waals surface area contributed by atoms with Gasteiger partial charge in [-0.3, -0.25) is 0 Å². The van der Waals surface area contributed by atoms with Gasteiger partial charge >= 0.3 is 0 Å². The van der Waals surface area contributed by atoms with Crippen molar-refractivity contribution in [2.75, 3.05) is 0 Å². The maximum absolute atomic E-state index is 13.9. The van der Waals surface area contributed by atoms with Gasteiger partial charge < -0.3 is 5.11 Å². The molecule has 0 amide bonds. The zero-order valence-corrected chi connectivity index (χ0v) is 12.0. The van der Waals surface area contributed by atoms with Gasteiger partial charge in [-0.1, -0.05) is 24.6 Å². The third kappa shape index (κ3) is 2.87. The molecule has 0 aliphatic heterocycles. The Balaban J connectivity index is 2.49. The fourth-order valence-corrected chi connectivity index (χ4v) is 2.20. The highest BCUT2D eigenvalue weighted by Gasteiger charge is 2.37. The van der Waals surface area contributed by atoms with Crippen molar-refractivity contribution in [2.24, 2.45) is 0 Å². The van der Waals surface area contributed by atoms with Crippen molar-refractivity contribution in [3.05, 3.63) is 58.4 Å². The Kier molecular flexibility index (Phi) is 4.20. The number of benzene rings is 1. The molecule has 2 unspecified atom stereocenters. The van der Waals surface area contributed by atoms with E-state index in [0.29, 0.717) is 6.07 Å². The molecular formula is C14H12ClF3N2O. The predicted octanol–water partition coefficient (Wildman–Crippen LogP) is 3.56. The van der Waals surface area contributed by atoms with Crippen molar-refractivity contribution in [3.63, 3.8) is 0 Å². The molecule has 1 aromatic heterocycles. The van der Waals surface area contributed by atoms with E-state index in [0.717, 1.165) is 18.5 Å². The number of halogens is 4. The molecule has 0 fully saturated rings. The summed E-state index contributed by atoms with van der Waals surface area (Å²) in [7, 11) is 0. The number of rotatable bonds is 3. The second-order valence-electron chi connectivity index (χ2n) is 4.86. The zero-order valence-electron chi connectivity index (χ0n) is 11.2. The summed E-state index contributed by atoms with van der Waals surface area (Å²) >= 11 is 5.57. The Morgan fingerprint density at radius 2 is 1.90 bits per heavy atom. The Hall–Kier alpha value is -1.66. The summed E-state index contributed by atoms with van der Waals surface area (Å²) in [6.07, 6.45) is 1.05. The minimum Gasteiger partial charge on any atom is -0.385 e. The van der Waals surface area contributed by atoms with Crippen molar-refractivity contribution in [1.29, 1.82) is 0 Å². The third-order valence-electron chi connectivity index (χ3n) is 3.50. The summed E-state index contributed by atoms with van der Waals surface area (Å²) in [5.41, 5.74) is -2.12. The number of hydrogen-bond donors (Lipinski definition) is 1. The van der Waals surface area contributed by atoms with Gasteiger partial charge in [-0.05, 0) is 13.0 Å². The van der Waals surface area contributed by atoms with E-state index < -0.39 is 29.0 Å². The molecule has 0 aliphatic rings. The minimum atomic E-state index is -1.81. The highest BCUT2D eigenvalue weighted by molar-refractivity contribution is 6.29. The average Bonchev–Trinajstić information content (AvgIpc) is 2.40. The molecule has 1 aromatic carbocycles. The minimum absolute atomic E-state index is 0.149. The predicted molar refractivity (Wildman–Crippen MR) is 71.3 cm³/mol. The van der Waals surface area contributed by atoms with Crippen LogP contribution in [0.25, 0.3) is 0 Å². The lowest BCUT2D eigenvalue weighted by Crippen LogP contribution is -2.31. The summed E-state index contributed by atoms with van der Waals surface area (Å²) in [4.78, 5) is 7.23. The van der Waals surface area contributed by atoms with Gasteiger partial charge in [-0.25, -0.2) is 23.1 Å². The summed E-state index contributed by atoms with van der Waals surface area (Å²) < 4.78 is 40.7. The fraction of sp³-hybridized carbons (Fsp3) is 0.286. The van der Waals surface area contributed by atoms with E-state index in [1.165, 1.54) is 13.8 Å². The Labute approximate surface area is 124 Å². The molecule has 1 heterocycles. The van der Waals surface area contributed by atoms with E-state index in [1.54, 1.807) is 0 Å². The summed E-state index contributed by atoms with van der Waals surface area (Å²) in [6.45, 7) is 2.76. The van der Waals surface area contributed by atoms with Crippen molar-refractivity contribution < 1.29 is 18.3 Å². The van der Waals surface area contributed by atoms with Crippen LogP contribution in [0.1, 0.15) is 31.0 Å². The number of nitrogens with zero attached hydrogens (tertiary/aromatic N) is 2. The average molecular weight is 317 g/mol. The van der Waals surface area contributed by atoms with Gasteiger partial charge in [0.1, 0.15) is 18.0 Å². The van der Waals surface area contributed by atoms with Crippen LogP contribution in [-0.2, 0) is 5.60 Å². The van der Waals surface area contributed by atoms with Crippen molar-refractivity contribution in [3.8, 4) is 0 Å². The maximum Gasteiger partial charge on any atom is 0.182 e. The first kappa shape index (κ1) is 15.7. The Bertz CT molecular complexity index is 679. The largest absolute Gasteiger partial charge is 0.385 e. The van der Waals surface area contributed by atoms with E-state index in [-0.39, 0.29) is 16.4 Å². The van der Waals surface area contributed by atoms with E-state index >= 15 is 0 Å². The van der Waals surface area contributed by atoms with Crippen LogP contribution in [-0.4, -0.2) is 15.1 Å². The molecule has 112 valence electrons. The maximum atomic E-state index is 13.9. The second kappa shape index (κ2) is 5.61. The number of aliphatic hydroxyl groups is 1. The highest BCUT2D eigenvalue weighted by atomic mass is 35.5. The molecule has 21 heavy (non-hydrogen) atoms. The van der Waals surface area contributed by atoms with Crippen molar-refractivity contribution in [2.45, 2.75) is 25.4 Å². The lowest BCUT2D eigenvalue weighted by molar-refractivity contribution is 0.0262. The lowest BCUT2D eigenvalue weighted by Gasteiger charge is -2.31. The zero-order chi connectivity index (χ0) is 15.8. The van der Waals surface area contributed by atoms with Gasteiger partial charge in [-0.2, -0.15) is 0 Å². The molecule has 0 saturated carbocycles. The molecule has 2 atom stereocenters. The fourth-order valence-electron chi connectivity index (χ4n) is 2.06. The summed E-state index contributed by atoms with van der Waals surface area (Å²) in [5.74, 6) is -3.50. The normalized spacial score (nSPS) is 15.6. The van der Waals surface area contributed by atoms with Gasteiger partial charge in [0.05, 0.1) is 11.3 Å². The lowest BCUT2D eigenvalue weighted by atomic mass is 9.81. The van der Waals surface area contributed by atoms with Crippen LogP contribution in [0.3, 0.4) is 0 Å². The van der Waals surface area contributed by atoms with E-state index in [2.05, 4.69) is 9.97 Å². The van der Waals surface area contributed by atoms with Crippen LogP contribution < -0.4 is 0 Å². The van der Waals surface area contributed by atoms with E-state index in [1.807, 2.05) is 0 Å². The monoisotopic (exact) mass is 316 g/mol. The first-order valence-corrected chi connectivity index (χ1v) is 6.46. The molecule has 2 rings (SSSR count). The van der Waals surface area contributed by atoms with Gasteiger partial charge in [0, 0.05) is 17.5 Å². The highest BCUT2D eigenvalue weighted by Crippen LogP contribution is 2.38. The smallest absolute Gasteiger partial charge is 0.182 e. The van der Waals surface area contributed by atoms with Crippen molar-refractivity contribution >= 4 is 11.6 Å². The summed E-state index contributed by atoms with van der Waals surface area (Å²) in [5, 5.41) is 10.2. The molecule has 0 bridgehead atoms. The quantitative estimate of drug-likeness (QED) is 0.881. The molecule has 2 aromatic rings. The molecule has 0 saturated heterocycles. The Morgan fingerprint density at radius 1 is 1.24 bits per heavy atom. The van der Waals surface area contributed by atoms with Crippen LogP contribution in [0, 0.1) is 17.5 Å². The second-order valence-corrected chi connectivity index (χ2v) is 5.22. The molecule has 0 spiro atoms. The van der Waals surface area contributed by atoms with Crippen LogP contribution >= 0.6 is 11.6 Å². The van der Waals surface area contributed by atoms with E-state index in [9.17, 15) is 18.3 Å². The van der Waals surface area contributed by atoms with Crippen LogP contribution in [0.5, 0.6) is 0 Å². The summed E-state index contributed by atoms with van der Waals surface area (Å²) in [6, 6.07) is 2.78. The van der Waals surface area contributed by atoms with Crippen LogP contribution in [0.2, 0.25) is 5.15 Å². The van der Waals surface area contributed by atoms with Crippen LogP contribution in [0.4, 0.5) is 13.2 Å². The number of hydrogen-bond acceptors (Lipinski definition) is 3. The third-order valence-corrected chi connectivity index (χ3v) is 3.77. The van der Waals surface area contributed by atoms with Gasteiger partial charge in [-0.15, -0.1) is 0 Å². The standard InChI is InChI=1S/C14H12ClF3N2O/c1-7(12-11(18)13(15)20-6-19-12)14(2,21)9-4-3-8(16)5-10(9)17/h3-7,21H,1-2H3. The SMILES string of the molecule is CC(c1ncnc(Cl)c1F)C(C)(O)c1ccc(F)cc1F. The topological polar surface area (TPSA) is 46.0 Å². The van der Waals surface area contributed by atoms with Gasteiger partial charge in [0.2, 0.25) is 0 Å². The van der Waals surface area contributed by atoms with Crippen molar-refractivity contribution in [1.82, 2.24) is 9.97 Å². The molecule has 0 aliphatic carbocycles.